The first-order chi connectivity index (χ1) is 6.92. The highest BCUT2D eigenvalue weighted by atomic mass is 32.2. The Labute approximate surface area is 89.7 Å². The first-order valence-electron chi connectivity index (χ1n) is 4.61. The van der Waals surface area contributed by atoms with E-state index in [-0.39, 0.29) is 5.75 Å². The Kier molecular flexibility index (Phi) is 3.70. The number of nitrogens with zero attached hydrogens (tertiary/aromatic N) is 3. The number of hydrogen-bond acceptors (Lipinski definition) is 4. The minimum absolute atomic E-state index is 0.125. The van der Waals surface area contributed by atoms with Gasteiger partial charge in [0.05, 0.1) is 5.75 Å². The summed E-state index contributed by atoms with van der Waals surface area (Å²) in [6.07, 6.45) is 2.26. The van der Waals surface area contributed by atoms with Gasteiger partial charge in [-0.2, -0.15) is 5.10 Å². The van der Waals surface area contributed by atoms with Crippen LogP contribution in [0.15, 0.2) is 12.3 Å². The Morgan fingerprint density at radius 3 is 2.67 bits per heavy atom. The van der Waals surface area contributed by atoms with Crippen LogP contribution in [-0.4, -0.2) is 42.4 Å². The number of aryl methyl sites for hydroxylation is 1. The van der Waals surface area contributed by atoms with Crippen molar-refractivity contribution in [3.8, 4) is 0 Å². The molecule has 0 spiro atoms. The second kappa shape index (κ2) is 4.63. The molecule has 0 aliphatic heterocycles. The molecule has 0 bridgehead atoms. The zero-order valence-corrected chi connectivity index (χ0v) is 9.74. The average Bonchev–Trinajstić information content (AvgIpc) is 2.51. The van der Waals surface area contributed by atoms with Gasteiger partial charge in [0.2, 0.25) is 10.0 Å². The van der Waals surface area contributed by atoms with Crippen LogP contribution in [0, 0.1) is 0 Å². The molecule has 0 amide bonds. The van der Waals surface area contributed by atoms with Gasteiger partial charge in [0, 0.05) is 26.8 Å². The van der Waals surface area contributed by atoms with Crippen LogP contribution in [0.1, 0.15) is 6.42 Å². The molecule has 0 saturated carbocycles. The number of rotatable bonds is 5. The van der Waals surface area contributed by atoms with E-state index in [1.54, 1.807) is 16.9 Å². The highest BCUT2D eigenvalue weighted by Gasteiger charge is 2.12. The van der Waals surface area contributed by atoms with Gasteiger partial charge < -0.3 is 5.73 Å². The summed E-state index contributed by atoms with van der Waals surface area (Å²) >= 11 is 0. The van der Waals surface area contributed by atoms with Crippen molar-refractivity contribution in [1.29, 1.82) is 0 Å². The van der Waals surface area contributed by atoms with Gasteiger partial charge in [0.1, 0.15) is 5.82 Å². The van der Waals surface area contributed by atoms with Crippen molar-refractivity contribution in [1.82, 2.24) is 14.1 Å². The molecule has 0 aromatic carbocycles. The van der Waals surface area contributed by atoms with Gasteiger partial charge in [-0.3, -0.25) is 4.68 Å². The van der Waals surface area contributed by atoms with Crippen LogP contribution < -0.4 is 5.73 Å². The van der Waals surface area contributed by atoms with Gasteiger partial charge >= 0.3 is 0 Å². The Morgan fingerprint density at radius 2 is 2.20 bits per heavy atom. The maximum absolute atomic E-state index is 11.4. The minimum Gasteiger partial charge on any atom is -0.382 e. The molecule has 1 heterocycles. The van der Waals surface area contributed by atoms with Crippen LogP contribution >= 0.6 is 0 Å². The molecule has 2 N–H and O–H groups in total. The van der Waals surface area contributed by atoms with E-state index >= 15 is 0 Å². The zero-order valence-electron chi connectivity index (χ0n) is 8.92. The number of anilines is 1. The van der Waals surface area contributed by atoms with Crippen molar-refractivity contribution in [3.05, 3.63) is 12.3 Å². The van der Waals surface area contributed by atoms with E-state index in [1.165, 1.54) is 18.4 Å². The fourth-order valence-electron chi connectivity index (χ4n) is 1.09. The third-order valence-corrected chi connectivity index (χ3v) is 3.92. The molecule has 0 aliphatic carbocycles. The second-order valence-electron chi connectivity index (χ2n) is 3.46. The number of aromatic nitrogens is 2. The summed E-state index contributed by atoms with van der Waals surface area (Å²) in [5, 5.41) is 3.96. The molecule has 1 aromatic rings. The standard InChI is InChI=1S/C8H16N4O2S/c1-11(2)15(13,14)7-3-5-12-6-4-8(9)10-12/h4,6H,3,5,7H2,1-2H3,(H2,9,10). The predicted octanol–water partition coefficient (Wildman–Crippen LogP) is -0.253. The topological polar surface area (TPSA) is 81.2 Å². The van der Waals surface area contributed by atoms with Crippen molar-refractivity contribution in [2.75, 3.05) is 25.6 Å². The predicted molar refractivity (Wildman–Crippen MR) is 58.7 cm³/mol. The van der Waals surface area contributed by atoms with Crippen molar-refractivity contribution in [2.45, 2.75) is 13.0 Å². The summed E-state index contributed by atoms with van der Waals surface area (Å²) < 4.78 is 25.7. The molecule has 0 saturated heterocycles. The van der Waals surface area contributed by atoms with E-state index in [2.05, 4.69) is 5.10 Å². The van der Waals surface area contributed by atoms with Gasteiger partial charge in [-0.05, 0) is 12.5 Å². The molecule has 1 aromatic heterocycles. The van der Waals surface area contributed by atoms with Gasteiger partial charge in [0.15, 0.2) is 0 Å². The molecule has 0 unspecified atom stereocenters. The molecule has 0 radical (unpaired) electrons. The Hall–Kier alpha value is -1.08. The maximum Gasteiger partial charge on any atom is 0.213 e. The maximum atomic E-state index is 11.4. The number of hydrogen-bond donors (Lipinski definition) is 1. The van der Waals surface area contributed by atoms with Crippen LogP contribution in [-0.2, 0) is 16.6 Å². The highest BCUT2D eigenvalue weighted by Crippen LogP contribution is 2.01. The van der Waals surface area contributed by atoms with Crippen molar-refractivity contribution < 1.29 is 8.42 Å². The summed E-state index contributed by atoms with van der Waals surface area (Å²) in [5.74, 6) is 0.574. The molecular formula is C8H16N4O2S. The van der Waals surface area contributed by atoms with Gasteiger partial charge in [-0.15, -0.1) is 0 Å². The lowest BCUT2D eigenvalue weighted by molar-refractivity contribution is 0.511. The molecular weight excluding hydrogens is 216 g/mol. The van der Waals surface area contributed by atoms with E-state index in [4.69, 9.17) is 5.73 Å². The summed E-state index contributed by atoms with van der Waals surface area (Å²) in [7, 11) is -0.0426. The number of sulfonamides is 1. The molecule has 7 heteroatoms. The average molecular weight is 232 g/mol. The fourth-order valence-corrected chi connectivity index (χ4v) is 1.95. The lowest BCUT2D eigenvalue weighted by Crippen LogP contribution is -2.25. The molecule has 6 nitrogen and oxygen atoms in total. The van der Waals surface area contributed by atoms with Crippen LogP contribution in [0.4, 0.5) is 5.82 Å². The molecule has 1 rings (SSSR count). The quantitative estimate of drug-likeness (QED) is 0.759. The largest absolute Gasteiger partial charge is 0.382 e. The lowest BCUT2D eigenvalue weighted by atomic mass is 10.5. The van der Waals surface area contributed by atoms with E-state index in [9.17, 15) is 8.42 Å². The summed E-state index contributed by atoms with van der Waals surface area (Å²) in [4.78, 5) is 0. The second-order valence-corrected chi connectivity index (χ2v) is 5.76. The molecule has 86 valence electrons. The molecule has 0 atom stereocenters. The zero-order chi connectivity index (χ0) is 11.5. The Morgan fingerprint density at radius 1 is 1.53 bits per heavy atom. The summed E-state index contributed by atoms with van der Waals surface area (Å²) in [6, 6.07) is 1.68. The molecule has 0 fully saturated rings. The number of nitrogen functional groups attached to an aromatic ring is 1. The third kappa shape index (κ3) is 3.52. The fraction of sp³-hybridized carbons (Fsp3) is 0.625. The van der Waals surface area contributed by atoms with E-state index in [1.807, 2.05) is 0 Å². The first-order valence-corrected chi connectivity index (χ1v) is 6.22. The van der Waals surface area contributed by atoms with Crippen LogP contribution in [0.5, 0.6) is 0 Å². The third-order valence-electron chi connectivity index (χ3n) is 2.01. The number of nitrogens with two attached hydrogens (primary N) is 1. The monoisotopic (exact) mass is 232 g/mol. The lowest BCUT2D eigenvalue weighted by Gasteiger charge is -2.10. The van der Waals surface area contributed by atoms with Crippen LogP contribution in [0.25, 0.3) is 0 Å². The summed E-state index contributed by atoms with van der Waals surface area (Å²) in [6.45, 7) is 0.560. The van der Waals surface area contributed by atoms with E-state index in [0.717, 1.165) is 0 Å². The highest BCUT2D eigenvalue weighted by molar-refractivity contribution is 7.89. The molecule has 0 aliphatic rings. The minimum atomic E-state index is -3.10. The van der Waals surface area contributed by atoms with Gasteiger partial charge in [0.25, 0.3) is 0 Å². The van der Waals surface area contributed by atoms with Gasteiger partial charge in [-0.25, -0.2) is 12.7 Å². The van der Waals surface area contributed by atoms with E-state index < -0.39 is 10.0 Å². The Bertz CT molecular complexity index is 410. The normalized spacial score (nSPS) is 12.2. The van der Waals surface area contributed by atoms with Crippen molar-refractivity contribution >= 4 is 15.8 Å². The van der Waals surface area contributed by atoms with E-state index in [0.29, 0.717) is 18.8 Å². The van der Waals surface area contributed by atoms with Crippen LogP contribution in [0.2, 0.25) is 0 Å². The van der Waals surface area contributed by atoms with Crippen LogP contribution in [0.3, 0.4) is 0 Å². The smallest absolute Gasteiger partial charge is 0.213 e. The SMILES string of the molecule is CN(C)S(=O)(=O)CCCn1ccc(N)n1. The Balaban J connectivity index is 2.40. The van der Waals surface area contributed by atoms with Gasteiger partial charge in [-0.1, -0.05) is 0 Å². The molecule has 15 heavy (non-hydrogen) atoms. The first kappa shape index (κ1) is 12.0. The van der Waals surface area contributed by atoms with Crippen molar-refractivity contribution in [2.24, 2.45) is 0 Å². The summed E-state index contributed by atoms with van der Waals surface area (Å²) in [5.41, 5.74) is 5.43. The van der Waals surface area contributed by atoms with Crippen molar-refractivity contribution in [3.63, 3.8) is 0 Å².